The molecule has 33 heavy (non-hydrogen) atoms. The Hall–Kier alpha value is -3.61. The maximum atomic E-state index is 13.8. The number of fused-ring (bicyclic) bond motifs is 1. The number of aryl methyl sites for hydroxylation is 3. The zero-order chi connectivity index (χ0) is 22.9. The highest BCUT2D eigenvalue weighted by atomic mass is 16.2. The molecule has 0 aliphatic carbocycles. The van der Waals surface area contributed by atoms with Crippen molar-refractivity contribution in [3.8, 4) is 11.4 Å². The summed E-state index contributed by atoms with van der Waals surface area (Å²) in [5.74, 6) is 0.467. The number of carbonyl (C=O) groups is 1. The number of imidazole rings is 1. The van der Waals surface area contributed by atoms with Crippen molar-refractivity contribution < 1.29 is 4.79 Å². The van der Waals surface area contributed by atoms with E-state index in [1.54, 1.807) is 18.5 Å². The van der Waals surface area contributed by atoms with Crippen molar-refractivity contribution in [3.05, 3.63) is 77.3 Å². The summed E-state index contributed by atoms with van der Waals surface area (Å²) in [6.45, 7) is 6.84. The van der Waals surface area contributed by atoms with E-state index in [0.717, 1.165) is 49.3 Å². The Balaban J connectivity index is 1.47. The fraction of sp³-hybridized carbons (Fsp3) is 0.346. The number of rotatable bonds is 4. The first kappa shape index (κ1) is 21.2. The third-order valence-corrected chi connectivity index (χ3v) is 6.57. The fourth-order valence-electron chi connectivity index (χ4n) is 4.62. The molecule has 5 rings (SSSR count). The van der Waals surface area contributed by atoms with Crippen LogP contribution in [-0.2, 0) is 6.42 Å². The Kier molecular flexibility index (Phi) is 5.62. The lowest BCUT2D eigenvalue weighted by atomic mass is 9.97. The molecule has 7 nitrogen and oxygen atoms in total. The van der Waals surface area contributed by atoms with E-state index in [-0.39, 0.29) is 11.9 Å². The highest BCUT2D eigenvalue weighted by Crippen LogP contribution is 2.26. The molecule has 1 unspecified atom stereocenters. The summed E-state index contributed by atoms with van der Waals surface area (Å²) < 4.78 is 2.08. The molecule has 0 aromatic carbocycles. The zero-order valence-corrected chi connectivity index (χ0v) is 19.3. The molecule has 1 atom stereocenters. The molecule has 0 N–H and O–H groups in total. The van der Waals surface area contributed by atoms with Gasteiger partial charge in [0.1, 0.15) is 11.3 Å². The van der Waals surface area contributed by atoms with Crippen molar-refractivity contribution in [1.82, 2.24) is 29.2 Å². The van der Waals surface area contributed by atoms with Crippen LogP contribution in [0.5, 0.6) is 0 Å². The molecule has 1 fully saturated rings. The van der Waals surface area contributed by atoms with Gasteiger partial charge in [-0.15, -0.1) is 0 Å². The number of amides is 1. The van der Waals surface area contributed by atoms with Crippen LogP contribution in [0.4, 0.5) is 0 Å². The standard InChI is InChI=1S/C26H28N6O/c1-17-10-14-31-16-20(30-25(31)19(17)3)15-21-7-4-5-13-32(21)26(33)23-22(9-8-18(2)29-23)24-27-11-6-12-28-24/h6,8-12,14,16,21H,4-5,7,13,15H2,1-3H3. The van der Waals surface area contributed by atoms with Crippen LogP contribution in [0, 0.1) is 20.8 Å². The van der Waals surface area contributed by atoms with Crippen molar-refractivity contribution in [2.75, 3.05) is 6.54 Å². The Labute approximate surface area is 193 Å². The second-order valence-corrected chi connectivity index (χ2v) is 8.86. The minimum Gasteiger partial charge on any atom is -0.334 e. The second kappa shape index (κ2) is 8.73. The van der Waals surface area contributed by atoms with Crippen LogP contribution in [0.3, 0.4) is 0 Å². The van der Waals surface area contributed by atoms with Crippen LogP contribution in [0.2, 0.25) is 0 Å². The number of hydrogen-bond donors (Lipinski definition) is 0. The molecule has 0 radical (unpaired) electrons. The van der Waals surface area contributed by atoms with Gasteiger partial charge in [0.15, 0.2) is 5.82 Å². The summed E-state index contributed by atoms with van der Waals surface area (Å²) in [6.07, 6.45) is 11.3. The number of nitrogens with zero attached hydrogens (tertiary/aromatic N) is 6. The van der Waals surface area contributed by atoms with Crippen molar-refractivity contribution in [2.45, 2.75) is 52.5 Å². The van der Waals surface area contributed by atoms with Crippen LogP contribution in [0.15, 0.2) is 49.1 Å². The van der Waals surface area contributed by atoms with Crippen molar-refractivity contribution in [3.63, 3.8) is 0 Å². The molecule has 1 aliphatic rings. The van der Waals surface area contributed by atoms with Crippen molar-refractivity contribution >= 4 is 11.6 Å². The van der Waals surface area contributed by atoms with Crippen LogP contribution < -0.4 is 0 Å². The van der Waals surface area contributed by atoms with E-state index >= 15 is 0 Å². The van der Waals surface area contributed by atoms with Gasteiger partial charge in [-0.25, -0.2) is 19.9 Å². The average molecular weight is 441 g/mol. The Morgan fingerprint density at radius 1 is 1.06 bits per heavy atom. The minimum atomic E-state index is -0.0540. The minimum absolute atomic E-state index is 0.0540. The first-order valence-corrected chi connectivity index (χ1v) is 11.5. The van der Waals surface area contributed by atoms with E-state index in [0.29, 0.717) is 17.1 Å². The predicted octanol–water partition coefficient (Wildman–Crippen LogP) is 4.35. The summed E-state index contributed by atoms with van der Waals surface area (Å²) in [6, 6.07) is 7.77. The smallest absolute Gasteiger partial charge is 0.273 e. The van der Waals surface area contributed by atoms with E-state index in [1.165, 1.54) is 11.1 Å². The van der Waals surface area contributed by atoms with Crippen molar-refractivity contribution in [2.24, 2.45) is 0 Å². The molecule has 168 valence electrons. The third-order valence-electron chi connectivity index (χ3n) is 6.57. The largest absolute Gasteiger partial charge is 0.334 e. The van der Waals surface area contributed by atoms with Gasteiger partial charge in [0, 0.05) is 49.5 Å². The van der Waals surface area contributed by atoms with E-state index in [1.807, 2.05) is 24.0 Å². The fourth-order valence-corrected chi connectivity index (χ4v) is 4.62. The van der Waals surface area contributed by atoms with Gasteiger partial charge in [-0.2, -0.15) is 0 Å². The van der Waals surface area contributed by atoms with Crippen LogP contribution in [-0.4, -0.2) is 47.7 Å². The van der Waals surface area contributed by atoms with Gasteiger partial charge >= 0.3 is 0 Å². The molecule has 1 amide bonds. The SMILES string of the molecule is Cc1ccc(-c2ncccn2)c(C(=O)N2CCCCC2Cc2cn3ccc(C)c(C)c3n2)n1. The van der Waals surface area contributed by atoms with Crippen LogP contribution in [0.1, 0.15) is 52.3 Å². The van der Waals surface area contributed by atoms with Crippen LogP contribution in [0.25, 0.3) is 17.0 Å². The molecule has 4 aromatic rings. The first-order valence-electron chi connectivity index (χ1n) is 11.5. The van der Waals surface area contributed by atoms with Gasteiger partial charge in [-0.3, -0.25) is 4.79 Å². The lowest BCUT2D eigenvalue weighted by molar-refractivity contribution is 0.0607. The monoisotopic (exact) mass is 440 g/mol. The number of likely N-dealkylation sites (tertiary alicyclic amines) is 1. The van der Waals surface area contributed by atoms with E-state index in [9.17, 15) is 4.79 Å². The molecule has 5 heterocycles. The Morgan fingerprint density at radius 2 is 1.88 bits per heavy atom. The number of hydrogen-bond acceptors (Lipinski definition) is 5. The summed E-state index contributed by atoms with van der Waals surface area (Å²) in [5.41, 5.74) is 6.33. The molecule has 0 spiro atoms. The van der Waals surface area contributed by atoms with Crippen molar-refractivity contribution in [1.29, 1.82) is 0 Å². The van der Waals surface area contributed by atoms with E-state index in [4.69, 9.17) is 4.98 Å². The molecule has 1 saturated heterocycles. The maximum Gasteiger partial charge on any atom is 0.273 e. The van der Waals surface area contributed by atoms with Gasteiger partial charge < -0.3 is 9.30 Å². The topological polar surface area (TPSA) is 76.3 Å². The van der Waals surface area contributed by atoms with Crippen LogP contribution >= 0.6 is 0 Å². The first-order chi connectivity index (χ1) is 16.0. The molecular weight excluding hydrogens is 412 g/mol. The van der Waals surface area contributed by atoms with Gasteiger partial charge in [0.2, 0.25) is 0 Å². The van der Waals surface area contributed by atoms with Gasteiger partial charge in [-0.05, 0) is 75.4 Å². The molecule has 0 saturated carbocycles. The summed E-state index contributed by atoms with van der Waals surface area (Å²) in [4.78, 5) is 34.0. The summed E-state index contributed by atoms with van der Waals surface area (Å²) in [7, 11) is 0. The highest BCUT2D eigenvalue weighted by Gasteiger charge is 2.31. The predicted molar refractivity (Wildman–Crippen MR) is 127 cm³/mol. The normalized spacial score (nSPS) is 16.3. The summed E-state index contributed by atoms with van der Waals surface area (Å²) >= 11 is 0. The molecule has 4 aromatic heterocycles. The lowest BCUT2D eigenvalue weighted by Gasteiger charge is -2.35. The molecular formula is C26H28N6O. The third kappa shape index (κ3) is 4.11. The van der Waals surface area contributed by atoms with Gasteiger partial charge in [-0.1, -0.05) is 0 Å². The highest BCUT2D eigenvalue weighted by molar-refractivity contribution is 5.98. The molecule has 1 aliphatic heterocycles. The zero-order valence-electron chi connectivity index (χ0n) is 19.3. The van der Waals surface area contributed by atoms with Gasteiger partial charge in [0.25, 0.3) is 5.91 Å². The Morgan fingerprint density at radius 3 is 2.70 bits per heavy atom. The van der Waals surface area contributed by atoms with Gasteiger partial charge in [0.05, 0.1) is 11.3 Å². The number of aromatic nitrogens is 5. The quantitative estimate of drug-likeness (QED) is 0.472. The second-order valence-electron chi connectivity index (χ2n) is 8.86. The average Bonchev–Trinajstić information content (AvgIpc) is 3.25. The maximum absolute atomic E-state index is 13.8. The number of carbonyl (C=O) groups excluding carboxylic acids is 1. The Bertz CT molecular complexity index is 1310. The number of piperidine rings is 1. The lowest BCUT2D eigenvalue weighted by Crippen LogP contribution is -2.45. The molecule has 7 heteroatoms. The van der Waals surface area contributed by atoms with E-state index in [2.05, 4.69) is 51.7 Å². The number of pyridine rings is 2. The van der Waals surface area contributed by atoms with E-state index < -0.39 is 0 Å². The summed E-state index contributed by atoms with van der Waals surface area (Å²) in [5, 5.41) is 0. The molecule has 0 bridgehead atoms.